The second-order valence-electron chi connectivity index (χ2n) is 3.81. The summed E-state index contributed by atoms with van der Waals surface area (Å²) in [6.45, 7) is 0.457. The highest BCUT2D eigenvalue weighted by Gasteiger charge is 2.06. The summed E-state index contributed by atoms with van der Waals surface area (Å²) in [7, 11) is 1.54. The molecule has 0 saturated carbocycles. The van der Waals surface area contributed by atoms with Crippen LogP contribution in [-0.4, -0.2) is 23.7 Å². The third-order valence-electron chi connectivity index (χ3n) is 2.54. The van der Waals surface area contributed by atoms with Crippen LogP contribution in [-0.2, 0) is 6.42 Å². The summed E-state index contributed by atoms with van der Waals surface area (Å²) in [5.41, 5.74) is 7.66. The molecule has 2 rings (SSSR count). The zero-order valence-corrected chi connectivity index (χ0v) is 12.1. The maximum atomic E-state index is 5.85. The van der Waals surface area contributed by atoms with Crippen molar-refractivity contribution in [3.05, 3.63) is 40.5 Å². The Kier molecular flexibility index (Phi) is 4.57. The SMILES string of the molecule is COc1nc(OCCc2ccccc2N)ncc1Br. The van der Waals surface area contributed by atoms with Crippen LogP contribution in [0, 0.1) is 0 Å². The molecular formula is C13H14BrN3O2. The predicted octanol–water partition coefficient (Wildman–Crippen LogP) is 2.45. The molecule has 0 saturated heterocycles. The summed E-state index contributed by atoms with van der Waals surface area (Å²) >= 11 is 3.28. The summed E-state index contributed by atoms with van der Waals surface area (Å²) in [6.07, 6.45) is 2.30. The van der Waals surface area contributed by atoms with Gasteiger partial charge in [-0.3, -0.25) is 0 Å². The molecule has 1 aromatic heterocycles. The normalized spacial score (nSPS) is 10.2. The van der Waals surface area contributed by atoms with Gasteiger partial charge in [0.05, 0.1) is 24.4 Å². The van der Waals surface area contributed by atoms with Gasteiger partial charge in [0.1, 0.15) is 0 Å². The van der Waals surface area contributed by atoms with E-state index in [0.29, 0.717) is 23.4 Å². The average Bonchev–Trinajstić information content (AvgIpc) is 2.43. The monoisotopic (exact) mass is 323 g/mol. The van der Waals surface area contributed by atoms with Gasteiger partial charge in [-0.25, -0.2) is 4.98 Å². The number of ether oxygens (including phenoxy) is 2. The van der Waals surface area contributed by atoms with Crippen molar-refractivity contribution >= 4 is 21.6 Å². The molecule has 0 radical (unpaired) electrons. The summed E-state index contributed by atoms with van der Waals surface area (Å²) in [5, 5.41) is 0. The molecule has 0 atom stereocenters. The smallest absolute Gasteiger partial charge is 0.319 e. The molecule has 1 heterocycles. The zero-order chi connectivity index (χ0) is 13.7. The number of halogens is 1. The zero-order valence-electron chi connectivity index (χ0n) is 10.5. The first-order chi connectivity index (χ1) is 9.20. The maximum Gasteiger partial charge on any atom is 0.319 e. The molecule has 19 heavy (non-hydrogen) atoms. The van der Waals surface area contributed by atoms with Crippen molar-refractivity contribution in [1.29, 1.82) is 0 Å². The lowest BCUT2D eigenvalue weighted by atomic mass is 10.1. The van der Waals surface area contributed by atoms with Crippen LogP contribution >= 0.6 is 15.9 Å². The third-order valence-corrected chi connectivity index (χ3v) is 3.08. The van der Waals surface area contributed by atoms with Gasteiger partial charge in [0.2, 0.25) is 5.88 Å². The van der Waals surface area contributed by atoms with E-state index in [9.17, 15) is 0 Å². The molecule has 6 heteroatoms. The van der Waals surface area contributed by atoms with Crippen LogP contribution in [0.3, 0.4) is 0 Å². The summed E-state index contributed by atoms with van der Waals surface area (Å²) in [5.74, 6) is 0.448. The van der Waals surface area contributed by atoms with Crippen LogP contribution in [0.5, 0.6) is 11.9 Å². The molecule has 0 aliphatic rings. The Morgan fingerprint density at radius 2 is 2.11 bits per heavy atom. The van der Waals surface area contributed by atoms with Crippen molar-refractivity contribution in [2.24, 2.45) is 0 Å². The van der Waals surface area contributed by atoms with E-state index in [2.05, 4.69) is 25.9 Å². The molecule has 5 nitrogen and oxygen atoms in total. The molecule has 0 unspecified atom stereocenters. The Morgan fingerprint density at radius 1 is 1.32 bits per heavy atom. The lowest BCUT2D eigenvalue weighted by molar-refractivity contribution is 0.287. The quantitative estimate of drug-likeness (QED) is 0.856. The number of anilines is 1. The van der Waals surface area contributed by atoms with Crippen LogP contribution in [0.1, 0.15) is 5.56 Å². The van der Waals surface area contributed by atoms with Gasteiger partial charge in [-0.1, -0.05) is 18.2 Å². The second-order valence-corrected chi connectivity index (χ2v) is 4.66. The summed E-state index contributed by atoms with van der Waals surface area (Å²) in [6, 6.07) is 7.98. The molecule has 0 fully saturated rings. The topological polar surface area (TPSA) is 70.3 Å². The average molecular weight is 324 g/mol. The van der Waals surface area contributed by atoms with Crippen molar-refractivity contribution < 1.29 is 9.47 Å². The number of para-hydroxylation sites is 1. The molecule has 0 spiro atoms. The van der Waals surface area contributed by atoms with Gasteiger partial charge in [-0.2, -0.15) is 4.98 Å². The highest BCUT2D eigenvalue weighted by atomic mass is 79.9. The van der Waals surface area contributed by atoms with Crippen molar-refractivity contribution in [3.63, 3.8) is 0 Å². The van der Waals surface area contributed by atoms with E-state index in [1.54, 1.807) is 13.3 Å². The number of nitrogens with two attached hydrogens (primary N) is 1. The minimum Gasteiger partial charge on any atom is -0.480 e. The Labute approximate surface area is 119 Å². The number of rotatable bonds is 5. The highest BCUT2D eigenvalue weighted by Crippen LogP contribution is 2.22. The van der Waals surface area contributed by atoms with Crippen LogP contribution < -0.4 is 15.2 Å². The number of hydrogen-bond donors (Lipinski definition) is 1. The van der Waals surface area contributed by atoms with E-state index >= 15 is 0 Å². The number of methoxy groups -OCH3 is 1. The second kappa shape index (κ2) is 6.38. The molecule has 0 aliphatic carbocycles. The molecule has 0 amide bonds. The van der Waals surface area contributed by atoms with E-state index in [4.69, 9.17) is 15.2 Å². The molecule has 1 aromatic carbocycles. The Hall–Kier alpha value is -1.82. The number of nitrogen functional groups attached to an aromatic ring is 1. The van der Waals surface area contributed by atoms with Crippen LogP contribution in [0.2, 0.25) is 0 Å². The van der Waals surface area contributed by atoms with Gasteiger partial charge in [-0.15, -0.1) is 0 Å². The first-order valence-corrected chi connectivity index (χ1v) is 6.52. The van der Waals surface area contributed by atoms with Gasteiger partial charge in [0.25, 0.3) is 0 Å². The van der Waals surface area contributed by atoms with Crippen LogP contribution in [0.15, 0.2) is 34.9 Å². The van der Waals surface area contributed by atoms with E-state index in [1.807, 2.05) is 24.3 Å². The lowest BCUT2D eigenvalue weighted by Crippen LogP contribution is -2.06. The minimum atomic E-state index is 0.287. The Bertz CT molecular complexity index is 563. The Balaban J connectivity index is 1.94. The Morgan fingerprint density at radius 3 is 2.84 bits per heavy atom. The lowest BCUT2D eigenvalue weighted by Gasteiger charge is -2.08. The van der Waals surface area contributed by atoms with Crippen LogP contribution in [0.4, 0.5) is 5.69 Å². The largest absolute Gasteiger partial charge is 0.480 e. The van der Waals surface area contributed by atoms with Gasteiger partial charge in [0.15, 0.2) is 0 Å². The van der Waals surface area contributed by atoms with Crippen LogP contribution in [0.25, 0.3) is 0 Å². The maximum absolute atomic E-state index is 5.85. The van der Waals surface area contributed by atoms with Crippen molar-refractivity contribution in [3.8, 4) is 11.9 Å². The highest BCUT2D eigenvalue weighted by molar-refractivity contribution is 9.10. The van der Waals surface area contributed by atoms with Crippen molar-refractivity contribution in [1.82, 2.24) is 9.97 Å². The third kappa shape index (κ3) is 3.57. The van der Waals surface area contributed by atoms with Gasteiger partial charge in [0, 0.05) is 12.1 Å². The fourth-order valence-corrected chi connectivity index (χ4v) is 1.92. The van der Waals surface area contributed by atoms with Crippen molar-refractivity contribution in [2.75, 3.05) is 19.5 Å². The number of aromatic nitrogens is 2. The molecule has 0 aliphatic heterocycles. The molecule has 2 N–H and O–H groups in total. The fraction of sp³-hybridized carbons (Fsp3) is 0.231. The van der Waals surface area contributed by atoms with Gasteiger partial charge >= 0.3 is 6.01 Å². The minimum absolute atomic E-state index is 0.287. The van der Waals surface area contributed by atoms with E-state index in [0.717, 1.165) is 11.3 Å². The fourth-order valence-electron chi connectivity index (χ4n) is 1.56. The van der Waals surface area contributed by atoms with Gasteiger partial charge < -0.3 is 15.2 Å². The van der Waals surface area contributed by atoms with Gasteiger partial charge in [-0.05, 0) is 27.6 Å². The first kappa shape index (κ1) is 13.6. The predicted molar refractivity (Wildman–Crippen MR) is 76.3 cm³/mol. The van der Waals surface area contributed by atoms with E-state index < -0.39 is 0 Å². The number of hydrogen-bond acceptors (Lipinski definition) is 5. The summed E-state index contributed by atoms with van der Waals surface area (Å²) < 4.78 is 11.2. The molecule has 2 aromatic rings. The molecule has 0 bridgehead atoms. The number of nitrogens with zero attached hydrogens (tertiary/aromatic N) is 2. The molecular weight excluding hydrogens is 310 g/mol. The standard InChI is InChI=1S/C13H14BrN3O2/c1-18-12-10(14)8-16-13(17-12)19-7-6-9-4-2-3-5-11(9)15/h2-5,8H,6-7,15H2,1H3. The van der Waals surface area contributed by atoms with E-state index in [-0.39, 0.29) is 6.01 Å². The molecule has 100 valence electrons. The summed E-state index contributed by atoms with van der Waals surface area (Å²) in [4.78, 5) is 8.16. The van der Waals surface area contributed by atoms with Crippen molar-refractivity contribution in [2.45, 2.75) is 6.42 Å². The first-order valence-electron chi connectivity index (χ1n) is 5.73. The number of benzene rings is 1. The van der Waals surface area contributed by atoms with E-state index in [1.165, 1.54) is 0 Å².